The third-order valence-electron chi connectivity index (χ3n) is 4.47. The van der Waals surface area contributed by atoms with Crippen LogP contribution in [0, 0.1) is 5.92 Å². The molecule has 4 amide bonds. The first kappa shape index (κ1) is 30.9. The Morgan fingerprint density at radius 3 is 1.91 bits per heavy atom. The van der Waals surface area contributed by atoms with Crippen LogP contribution >= 0.6 is 12.6 Å². The molecule has 0 aliphatic heterocycles. The van der Waals surface area contributed by atoms with Gasteiger partial charge in [0.1, 0.15) is 18.1 Å². The summed E-state index contributed by atoms with van der Waals surface area (Å²) in [6, 6.07) is -4.80. The maximum atomic E-state index is 12.8. The molecule has 0 saturated heterocycles. The van der Waals surface area contributed by atoms with Gasteiger partial charge in [0.2, 0.25) is 23.6 Å². The molecule has 0 aliphatic carbocycles. The van der Waals surface area contributed by atoms with Crippen molar-refractivity contribution in [3.63, 3.8) is 0 Å². The molecule has 0 aromatic rings. The summed E-state index contributed by atoms with van der Waals surface area (Å²) in [6.07, 6.45) is -0.140. The molecule has 4 atom stereocenters. The predicted molar refractivity (Wildman–Crippen MR) is 128 cm³/mol. The second-order valence-electron chi connectivity index (χ2n) is 8.06. The van der Waals surface area contributed by atoms with Gasteiger partial charge in [-0.05, 0) is 25.2 Å². The lowest BCUT2D eigenvalue weighted by molar-refractivity contribution is -0.142. The van der Waals surface area contributed by atoms with Crippen LogP contribution in [0.15, 0.2) is 4.99 Å². The number of nitrogens with two attached hydrogens (primary N) is 4. The highest BCUT2D eigenvalue weighted by molar-refractivity contribution is 7.80. The molecule has 0 bridgehead atoms. The zero-order valence-corrected chi connectivity index (χ0v) is 20.2. The topological polar surface area (TPSA) is 258 Å². The van der Waals surface area contributed by atoms with Crippen molar-refractivity contribution in [2.45, 2.75) is 63.7 Å². The highest BCUT2D eigenvalue weighted by atomic mass is 32.1. The number of carboxylic acids is 1. The number of aliphatic imine (C=N–C) groups is 1. The van der Waals surface area contributed by atoms with Crippen LogP contribution in [-0.4, -0.2) is 77.1 Å². The molecule has 0 fully saturated rings. The molecular formula is C19H36N8O6S. The minimum Gasteiger partial charge on any atom is -0.480 e. The minimum atomic E-state index is -1.46. The molecule has 4 unspecified atom stereocenters. The third-order valence-corrected chi connectivity index (χ3v) is 4.87. The van der Waals surface area contributed by atoms with Gasteiger partial charge in [-0.15, -0.1) is 0 Å². The van der Waals surface area contributed by atoms with Crippen LogP contribution in [-0.2, 0) is 24.0 Å². The van der Waals surface area contributed by atoms with E-state index in [2.05, 4.69) is 33.6 Å². The second kappa shape index (κ2) is 15.7. The number of rotatable bonds is 16. The maximum Gasteiger partial charge on any atom is 0.326 e. The van der Waals surface area contributed by atoms with Crippen LogP contribution in [0.2, 0.25) is 0 Å². The molecule has 12 N–H and O–H groups in total. The monoisotopic (exact) mass is 504 g/mol. The molecule has 194 valence electrons. The van der Waals surface area contributed by atoms with Crippen LogP contribution < -0.4 is 38.9 Å². The van der Waals surface area contributed by atoms with Crippen molar-refractivity contribution in [1.82, 2.24) is 16.0 Å². The van der Waals surface area contributed by atoms with E-state index < -0.39 is 60.2 Å². The number of guanidine groups is 1. The molecule has 0 rings (SSSR count). The Labute approximate surface area is 203 Å². The molecule has 15 heteroatoms. The van der Waals surface area contributed by atoms with Crippen molar-refractivity contribution < 1.29 is 29.1 Å². The van der Waals surface area contributed by atoms with E-state index in [9.17, 15) is 29.1 Å². The van der Waals surface area contributed by atoms with Gasteiger partial charge in [0, 0.05) is 12.3 Å². The molecular weight excluding hydrogens is 468 g/mol. The SMILES string of the molecule is CC(C)CC(NC(=O)C(N)CS)C(=O)NC(CC(N)=O)C(=O)NC(CCCN=C(N)N)C(=O)O. The number of nitrogens with zero attached hydrogens (tertiary/aromatic N) is 1. The zero-order valence-electron chi connectivity index (χ0n) is 19.3. The lowest BCUT2D eigenvalue weighted by atomic mass is 10.0. The highest BCUT2D eigenvalue weighted by Crippen LogP contribution is 2.07. The van der Waals surface area contributed by atoms with Gasteiger partial charge in [0.05, 0.1) is 12.5 Å². The van der Waals surface area contributed by atoms with E-state index in [1.807, 2.05) is 13.8 Å². The number of nitrogens with one attached hydrogen (secondary N) is 3. The van der Waals surface area contributed by atoms with Crippen molar-refractivity contribution >= 4 is 48.2 Å². The van der Waals surface area contributed by atoms with Gasteiger partial charge in [0.15, 0.2) is 5.96 Å². The quantitative estimate of drug-likeness (QED) is 0.0442. The van der Waals surface area contributed by atoms with E-state index in [-0.39, 0.29) is 43.4 Å². The van der Waals surface area contributed by atoms with E-state index in [1.54, 1.807) is 0 Å². The van der Waals surface area contributed by atoms with E-state index in [0.717, 1.165) is 0 Å². The fourth-order valence-corrected chi connectivity index (χ4v) is 2.95. The highest BCUT2D eigenvalue weighted by Gasteiger charge is 2.31. The summed E-state index contributed by atoms with van der Waals surface area (Å²) in [4.78, 5) is 64.4. The van der Waals surface area contributed by atoms with E-state index in [1.165, 1.54) is 0 Å². The Hall–Kier alpha value is -3.07. The number of hydrogen-bond acceptors (Lipinski definition) is 8. The number of carbonyl (C=O) groups is 5. The Morgan fingerprint density at radius 1 is 0.912 bits per heavy atom. The fraction of sp³-hybridized carbons (Fsp3) is 0.684. The van der Waals surface area contributed by atoms with Gasteiger partial charge in [0.25, 0.3) is 0 Å². The number of amides is 4. The Bertz CT molecular complexity index is 759. The number of hydrogen-bond donors (Lipinski definition) is 9. The first-order chi connectivity index (χ1) is 15.8. The molecule has 0 aliphatic rings. The second-order valence-corrected chi connectivity index (χ2v) is 8.42. The largest absolute Gasteiger partial charge is 0.480 e. The molecule has 0 heterocycles. The van der Waals surface area contributed by atoms with Crippen LogP contribution in [0.1, 0.15) is 39.5 Å². The molecule has 0 aromatic heterocycles. The van der Waals surface area contributed by atoms with Crippen molar-refractivity contribution in [3.8, 4) is 0 Å². The number of thiol groups is 1. The van der Waals surface area contributed by atoms with Gasteiger partial charge in [-0.25, -0.2) is 4.79 Å². The summed E-state index contributed by atoms with van der Waals surface area (Å²) in [5.74, 6) is -4.65. The van der Waals surface area contributed by atoms with Crippen LogP contribution in [0.5, 0.6) is 0 Å². The Morgan fingerprint density at radius 2 is 1.44 bits per heavy atom. The summed E-state index contributed by atoms with van der Waals surface area (Å²) in [5, 5.41) is 16.5. The van der Waals surface area contributed by atoms with Crippen LogP contribution in [0.25, 0.3) is 0 Å². The van der Waals surface area contributed by atoms with Gasteiger partial charge in [-0.3, -0.25) is 24.2 Å². The van der Waals surface area contributed by atoms with Crippen LogP contribution in [0.3, 0.4) is 0 Å². The number of carboxylic acid groups (broad SMARTS) is 1. The van der Waals surface area contributed by atoms with E-state index in [4.69, 9.17) is 22.9 Å². The Kier molecular flexibility index (Phi) is 14.3. The van der Waals surface area contributed by atoms with Crippen molar-refractivity contribution in [2.24, 2.45) is 33.8 Å². The average molecular weight is 505 g/mol. The third kappa shape index (κ3) is 12.8. The lowest BCUT2D eigenvalue weighted by Gasteiger charge is -2.25. The Balaban J connectivity index is 5.43. The smallest absolute Gasteiger partial charge is 0.326 e. The van der Waals surface area contributed by atoms with Crippen molar-refractivity contribution in [2.75, 3.05) is 12.3 Å². The summed E-state index contributed by atoms with van der Waals surface area (Å²) < 4.78 is 0. The van der Waals surface area contributed by atoms with Gasteiger partial charge in [-0.2, -0.15) is 12.6 Å². The first-order valence-electron chi connectivity index (χ1n) is 10.6. The number of aliphatic carboxylic acids is 1. The molecule has 0 aromatic carbocycles. The van der Waals surface area contributed by atoms with Crippen molar-refractivity contribution in [1.29, 1.82) is 0 Å². The lowest BCUT2D eigenvalue weighted by Crippen LogP contribution is -2.58. The normalized spacial score (nSPS) is 14.3. The fourth-order valence-electron chi connectivity index (χ4n) is 2.78. The van der Waals surface area contributed by atoms with Gasteiger partial charge >= 0.3 is 5.97 Å². The standard InChI is InChI=1S/C19H36N8O6S/c1-9(2)6-12(26-15(29)10(20)8-34)16(30)27-13(7-14(21)28)17(31)25-11(18(32)33)4-3-5-24-19(22)23/h9-13,34H,3-8,20H2,1-2H3,(H2,21,28)(H,25,31)(H,26,29)(H,27,30)(H,32,33)(H4,22,23,24). The first-order valence-corrected chi connectivity index (χ1v) is 11.3. The number of carbonyl (C=O) groups excluding carboxylic acids is 4. The number of primary amides is 1. The minimum absolute atomic E-state index is 0.0112. The van der Waals surface area contributed by atoms with Gasteiger partial charge in [-0.1, -0.05) is 13.8 Å². The van der Waals surface area contributed by atoms with E-state index >= 15 is 0 Å². The van der Waals surface area contributed by atoms with E-state index in [0.29, 0.717) is 0 Å². The summed E-state index contributed by atoms with van der Waals surface area (Å²) in [5.41, 5.74) is 21.3. The maximum absolute atomic E-state index is 12.8. The zero-order chi connectivity index (χ0) is 26.4. The van der Waals surface area contributed by atoms with Gasteiger partial charge < -0.3 is 44.0 Å². The van der Waals surface area contributed by atoms with Crippen LogP contribution in [0.4, 0.5) is 0 Å². The summed E-state index contributed by atoms with van der Waals surface area (Å²) >= 11 is 3.95. The van der Waals surface area contributed by atoms with Crippen molar-refractivity contribution in [3.05, 3.63) is 0 Å². The molecule has 0 spiro atoms. The molecule has 0 saturated carbocycles. The molecule has 14 nitrogen and oxygen atoms in total. The molecule has 0 radical (unpaired) electrons. The molecule has 34 heavy (non-hydrogen) atoms. The predicted octanol–water partition coefficient (Wildman–Crippen LogP) is -3.24. The average Bonchev–Trinajstić information content (AvgIpc) is 2.72. The summed E-state index contributed by atoms with van der Waals surface area (Å²) in [7, 11) is 0. The summed E-state index contributed by atoms with van der Waals surface area (Å²) in [6.45, 7) is 3.78.